The SMILES string of the molecule is Cc1nc(N[C@H](C)c2cccc(C(F)(F)[C@H]3CCCO3)c2)c2cc(N3CCOCC3)c3c(c2n1)CCC3. The van der Waals surface area contributed by atoms with Crippen LogP contribution in [0.4, 0.5) is 20.3 Å². The minimum absolute atomic E-state index is 0.00157. The van der Waals surface area contributed by atoms with Gasteiger partial charge in [-0.2, -0.15) is 8.78 Å². The van der Waals surface area contributed by atoms with Crippen LogP contribution < -0.4 is 10.2 Å². The molecule has 1 aromatic heterocycles. The molecule has 2 aliphatic heterocycles. The largest absolute Gasteiger partial charge is 0.378 e. The van der Waals surface area contributed by atoms with Crippen LogP contribution in [0.5, 0.6) is 0 Å². The van der Waals surface area contributed by atoms with Crippen molar-refractivity contribution < 1.29 is 18.3 Å². The number of alkyl halides is 2. The normalized spacial score (nSPS) is 20.9. The molecule has 0 amide bonds. The Balaban J connectivity index is 1.36. The zero-order chi connectivity index (χ0) is 25.6. The van der Waals surface area contributed by atoms with Crippen LogP contribution in [-0.4, -0.2) is 49.0 Å². The second-order valence-corrected chi connectivity index (χ2v) is 10.4. The number of halogens is 2. The number of anilines is 2. The molecule has 1 N–H and O–H groups in total. The topological polar surface area (TPSA) is 59.5 Å². The Hall–Kier alpha value is -2.84. The number of nitrogens with one attached hydrogen (secondary N) is 1. The molecule has 6 nitrogen and oxygen atoms in total. The highest BCUT2D eigenvalue weighted by Gasteiger charge is 2.44. The first-order valence-corrected chi connectivity index (χ1v) is 13.4. The van der Waals surface area contributed by atoms with Gasteiger partial charge in [0.2, 0.25) is 0 Å². The Morgan fingerprint density at radius 3 is 2.65 bits per heavy atom. The van der Waals surface area contributed by atoms with E-state index in [0.717, 1.165) is 67.8 Å². The van der Waals surface area contributed by atoms with Crippen LogP contribution >= 0.6 is 0 Å². The molecule has 2 atom stereocenters. The summed E-state index contributed by atoms with van der Waals surface area (Å²) in [7, 11) is 0. The molecule has 1 aliphatic carbocycles. The van der Waals surface area contributed by atoms with Crippen molar-refractivity contribution in [2.24, 2.45) is 0 Å². The fourth-order valence-electron chi connectivity index (χ4n) is 6.01. The number of hydrogen-bond donors (Lipinski definition) is 1. The number of ether oxygens (including phenoxy) is 2. The summed E-state index contributed by atoms with van der Waals surface area (Å²) in [6.45, 7) is 7.50. The van der Waals surface area contributed by atoms with Crippen molar-refractivity contribution in [2.75, 3.05) is 43.1 Å². The fourth-order valence-corrected chi connectivity index (χ4v) is 6.01. The predicted molar refractivity (Wildman–Crippen MR) is 141 cm³/mol. The van der Waals surface area contributed by atoms with E-state index in [9.17, 15) is 0 Å². The van der Waals surface area contributed by atoms with Gasteiger partial charge in [-0.1, -0.05) is 18.2 Å². The van der Waals surface area contributed by atoms with Crippen molar-refractivity contribution >= 4 is 22.4 Å². The zero-order valence-corrected chi connectivity index (χ0v) is 21.5. The van der Waals surface area contributed by atoms with E-state index in [1.807, 2.05) is 19.9 Å². The molecule has 2 fully saturated rings. The smallest absolute Gasteiger partial charge is 0.298 e. The molecule has 2 aromatic carbocycles. The van der Waals surface area contributed by atoms with Crippen LogP contribution in [0, 0.1) is 6.92 Å². The zero-order valence-electron chi connectivity index (χ0n) is 21.5. The van der Waals surface area contributed by atoms with Crippen molar-refractivity contribution in [3.63, 3.8) is 0 Å². The maximum absolute atomic E-state index is 15.2. The van der Waals surface area contributed by atoms with E-state index in [4.69, 9.17) is 19.4 Å². The lowest BCUT2D eigenvalue weighted by Crippen LogP contribution is -2.36. The van der Waals surface area contributed by atoms with E-state index < -0.39 is 12.0 Å². The van der Waals surface area contributed by atoms with Gasteiger partial charge in [-0.3, -0.25) is 0 Å². The Labute approximate surface area is 216 Å². The van der Waals surface area contributed by atoms with E-state index in [-0.39, 0.29) is 11.6 Å². The van der Waals surface area contributed by atoms with E-state index in [0.29, 0.717) is 25.3 Å². The van der Waals surface area contributed by atoms with Gasteiger partial charge in [0.05, 0.1) is 18.7 Å². The Morgan fingerprint density at radius 2 is 1.86 bits per heavy atom. The summed E-state index contributed by atoms with van der Waals surface area (Å²) in [4.78, 5) is 12.0. The van der Waals surface area contributed by atoms with Gasteiger partial charge in [-0.15, -0.1) is 0 Å². The van der Waals surface area contributed by atoms with E-state index in [1.54, 1.807) is 12.1 Å². The molecule has 2 saturated heterocycles. The molecule has 196 valence electrons. The number of aromatic nitrogens is 2. The van der Waals surface area contributed by atoms with Crippen molar-refractivity contribution in [1.29, 1.82) is 0 Å². The second kappa shape index (κ2) is 9.80. The minimum atomic E-state index is -3.02. The fraction of sp³-hybridized carbons (Fsp3) is 0.517. The number of rotatable bonds is 6. The highest BCUT2D eigenvalue weighted by atomic mass is 19.3. The lowest BCUT2D eigenvalue weighted by Gasteiger charge is -2.31. The summed E-state index contributed by atoms with van der Waals surface area (Å²) in [6.07, 6.45) is 3.20. The van der Waals surface area contributed by atoms with Gasteiger partial charge in [0, 0.05) is 42.4 Å². The first-order chi connectivity index (χ1) is 17.9. The average Bonchev–Trinajstić information content (AvgIpc) is 3.62. The molecule has 0 spiro atoms. The predicted octanol–water partition coefficient (Wildman–Crippen LogP) is 5.71. The summed E-state index contributed by atoms with van der Waals surface area (Å²) in [5.41, 5.74) is 5.76. The van der Waals surface area contributed by atoms with Crippen LogP contribution in [0.15, 0.2) is 30.3 Å². The number of benzene rings is 2. The monoisotopic (exact) mass is 508 g/mol. The number of aryl methyl sites for hydroxylation is 2. The third-order valence-corrected chi connectivity index (χ3v) is 7.96. The van der Waals surface area contributed by atoms with Gasteiger partial charge in [-0.05, 0) is 74.8 Å². The molecule has 6 rings (SSSR count). The molecular weight excluding hydrogens is 474 g/mol. The Morgan fingerprint density at radius 1 is 1.05 bits per heavy atom. The van der Waals surface area contributed by atoms with E-state index in [2.05, 4.69) is 16.3 Å². The molecule has 0 saturated carbocycles. The van der Waals surface area contributed by atoms with Crippen molar-refractivity contribution in [2.45, 2.75) is 64.0 Å². The van der Waals surface area contributed by atoms with Gasteiger partial charge in [0.15, 0.2) is 0 Å². The standard InChI is InChI=1S/C29H34F2N4O2/c1-18(20-6-3-7-21(16-20)29(30,31)26-10-5-13-37-26)32-28-24-17-25(35-11-14-36-15-12-35)22-8-4-9-23(22)27(24)33-19(2)34-28/h3,6-7,16-18,26H,4-5,8-15H2,1-2H3,(H,32,33,34)/t18-,26-/m1/s1. The second-order valence-electron chi connectivity index (χ2n) is 10.4. The Bertz CT molecular complexity index is 1300. The molecule has 0 radical (unpaired) electrons. The highest BCUT2D eigenvalue weighted by molar-refractivity contribution is 5.96. The van der Waals surface area contributed by atoms with Crippen LogP contribution in [0.1, 0.15) is 60.3 Å². The molecule has 3 aliphatic rings. The quantitative estimate of drug-likeness (QED) is 0.461. The van der Waals surface area contributed by atoms with Gasteiger partial charge >= 0.3 is 0 Å². The number of fused-ring (bicyclic) bond motifs is 3. The third kappa shape index (κ3) is 4.55. The molecule has 0 bridgehead atoms. The van der Waals surface area contributed by atoms with Crippen LogP contribution in [0.3, 0.4) is 0 Å². The summed E-state index contributed by atoms with van der Waals surface area (Å²) in [5.74, 6) is -1.57. The summed E-state index contributed by atoms with van der Waals surface area (Å²) >= 11 is 0. The number of hydrogen-bond acceptors (Lipinski definition) is 6. The molecule has 3 aromatic rings. The highest BCUT2D eigenvalue weighted by Crippen LogP contribution is 2.41. The van der Waals surface area contributed by atoms with Crippen LogP contribution in [0.2, 0.25) is 0 Å². The van der Waals surface area contributed by atoms with Crippen LogP contribution in [-0.2, 0) is 28.2 Å². The first-order valence-electron chi connectivity index (χ1n) is 13.4. The molecule has 0 unspecified atom stereocenters. The van der Waals surface area contributed by atoms with Crippen LogP contribution in [0.25, 0.3) is 10.9 Å². The summed E-state index contributed by atoms with van der Waals surface area (Å²) in [6, 6.07) is 8.70. The van der Waals surface area contributed by atoms with Gasteiger partial charge in [0.25, 0.3) is 5.92 Å². The molecule has 3 heterocycles. The van der Waals surface area contributed by atoms with Gasteiger partial charge in [-0.25, -0.2) is 9.97 Å². The first kappa shape index (κ1) is 24.5. The number of morpholine rings is 1. The molecular formula is C29H34F2N4O2. The third-order valence-electron chi connectivity index (χ3n) is 7.96. The maximum atomic E-state index is 15.2. The van der Waals surface area contributed by atoms with Crippen molar-refractivity contribution in [3.8, 4) is 0 Å². The van der Waals surface area contributed by atoms with Crippen molar-refractivity contribution in [3.05, 3.63) is 58.4 Å². The summed E-state index contributed by atoms with van der Waals surface area (Å²) < 4.78 is 41.3. The lowest BCUT2D eigenvalue weighted by molar-refractivity contribution is -0.122. The lowest BCUT2D eigenvalue weighted by atomic mass is 9.97. The summed E-state index contributed by atoms with van der Waals surface area (Å²) in [5, 5.41) is 4.53. The van der Waals surface area contributed by atoms with Gasteiger partial charge < -0.3 is 19.7 Å². The number of nitrogens with zero attached hydrogens (tertiary/aromatic N) is 3. The van der Waals surface area contributed by atoms with Crippen molar-refractivity contribution in [1.82, 2.24) is 9.97 Å². The average molecular weight is 509 g/mol. The maximum Gasteiger partial charge on any atom is 0.298 e. The molecule has 8 heteroatoms. The van der Waals surface area contributed by atoms with Gasteiger partial charge in [0.1, 0.15) is 17.7 Å². The molecule has 37 heavy (non-hydrogen) atoms. The Kier molecular flexibility index (Phi) is 6.49. The minimum Gasteiger partial charge on any atom is -0.378 e. The van der Waals surface area contributed by atoms with E-state index >= 15 is 8.78 Å². The van der Waals surface area contributed by atoms with E-state index in [1.165, 1.54) is 22.9 Å².